The fraction of sp³-hybridized carbons (Fsp3) is 0.778. The van der Waals surface area contributed by atoms with E-state index >= 15 is 0 Å². The van der Waals surface area contributed by atoms with E-state index in [0.29, 0.717) is 6.54 Å². The highest BCUT2D eigenvalue weighted by Crippen LogP contribution is 2.11. The summed E-state index contributed by atoms with van der Waals surface area (Å²) in [7, 11) is 0. The average Bonchev–Trinajstić information content (AvgIpc) is 2.27. The third-order valence-electron chi connectivity index (χ3n) is 2.14. The summed E-state index contributed by atoms with van der Waals surface area (Å²) in [4.78, 5) is 21.8. The van der Waals surface area contributed by atoms with Gasteiger partial charge in [-0.3, -0.25) is 10.1 Å². The second kappa shape index (κ2) is 6.63. The SMILES string of the molecule is O=C(CCl)NC(=O)NCC1CCCCO1. The van der Waals surface area contributed by atoms with Crippen LogP contribution in [-0.4, -0.2) is 37.1 Å². The van der Waals surface area contributed by atoms with Crippen molar-refractivity contribution in [3.8, 4) is 0 Å². The summed E-state index contributed by atoms with van der Waals surface area (Å²) in [6, 6.07) is -0.519. The zero-order valence-electron chi connectivity index (χ0n) is 8.42. The number of carbonyl (C=O) groups is 2. The lowest BCUT2D eigenvalue weighted by Crippen LogP contribution is -2.44. The van der Waals surface area contributed by atoms with Gasteiger partial charge in [0.05, 0.1) is 6.10 Å². The van der Waals surface area contributed by atoms with Crippen LogP contribution in [0.4, 0.5) is 4.79 Å². The number of imide groups is 1. The van der Waals surface area contributed by atoms with Crippen LogP contribution in [-0.2, 0) is 9.53 Å². The first-order valence-corrected chi connectivity index (χ1v) is 5.51. The second-order valence-corrected chi connectivity index (χ2v) is 3.65. The van der Waals surface area contributed by atoms with Crippen molar-refractivity contribution in [2.75, 3.05) is 19.0 Å². The minimum absolute atomic E-state index is 0.0654. The second-order valence-electron chi connectivity index (χ2n) is 3.38. The van der Waals surface area contributed by atoms with Crippen molar-refractivity contribution in [3.05, 3.63) is 0 Å². The van der Waals surface area contributed by atoms with Gasteiger partial charge in [0.2, 0.25) is 5.91 Å². The predicted octanol–water partition coefficient (Wildman–Crippen LogP) is 0.620. The smallest absolute Gasteiger partial charge is 0.321 e. The molecular weight excluding hydrogens is 220 g/mol. The number of amides is 3. The molecule has 86 valence electrons. The summed E-state index contributed by atoms with van der Waals surface area (Å²) >= 11 is 5.23. The molecule has 1 atom stereocenters. The van der Waals surface area contributed by atoms with Crippen molar-refractivity contribution in [1.29, 1.82) is 0 Å². The van der Waals surface area contributed by atoms with Crippen LogP contribution >= 0.6 is 11.6 Å². The van der Waals surface area contributed by atoms with Crippen molar-refractivity contribution >= 4 is 23.5 Å². The van der Waals surface area contributed by atoms with Crippen LogP contribution < -0.4 is 10.6 Å². The van der Waals surface area contributed by atoms with Gasteiger partial charge in [-0.2, -0.15) is 0 Å². The summed E-state index contributed by atoms with van der Waals surface area (Å²) < 4.78 is 5.41. The highest BCUT2D eigenvalue weighted by molar-refractivity contribution is 6.28. The van der Waals surface area contributed by atoms with Gasteiger partial charge in [-0.25, -0.2) is 4.79 Å². The van der Waals surface area contributed by atoms with Gasteiger partial charge >= 0.3 is 6.03 Å². The molecule has 1 rings (SSSR count). The number of carbonyl (C=O) groups excluding carboxylic acids is 2. The maximum absolute atomic E-state index is 11.1. The van der Waals surface area contributed by atoms with E-state index in [2.05, 4.69) is 10.6 Å². The number of urea groups is 1. The third kappa shape index (κ3) is 4.99. The van der Waals surface area contributed by atoms with Crippen molar-refractivity contribution < 1.29 is 14.3 Å². The van der Waals surface area contributed by atoms with Gasteiger partial charge in [-0.05, 0) is 19.3 Å². The number of rotatable bonds is 3. The van der Waals surface area contributed by atoms with Crippen molar-refractivity contribution in [3.63, 3.8) is 0 Å². The van der Waals surface area contributed by atoms with Gasteiger partial charge in [0, 0.05) is 13.2 Å². The van der Waals surface area contributed by atoms with Gasteiger partial charge < -0.3 is 10.1 Å². The molecule has 3 amide bonds. The summed E-state index contributed by atoms with van der Waals surface area (Å²) in [6.07, 6.45) is 3.21. The van der Waals surface area contributed by atoms with Crippen molar-refractivity contribution in [1.82, 2.24) is 10.6 Å². The Kier molecular flexibility index (Phi) is 5.42. The number of ether oxygens (including phenoxy) is 1. The van der Waals surface area contributed by atoms with E-state index in [-0.39, 0.29) is 12.0 Å². The predicted molar refractivity (Wildman–Crippen MR) is 55.9 cm³/mol. The van der Waals surface area contributed by atoms with Crippen LogP contribution in [0, 0.1) is 0 Å². The molecule has 1 aliphatic heterocycles. The lowest BCUT2D eigenvalue weighted by molar-refractivity contribution is -0.117. The number of nitrogens with one attached hydrogen (secondary N) is 2. The Morgan fingerprint density at radius 3 is 2.80 bits per heavy atom. The highest BCUT2D eigenvalue weighted by atomic mass is 35.5. The van der Waals surface area contributed by atoms with E-state index in [1.54, 1.807) is 0 Å². The first-order chi connectivity index (χ1) is 7.22. The molecule has 0 radical (unpaired) electrons. The lowest BCUT2D eigenvalue weighted by atomic mass is 10.1. The van der Waals surface area contributed by atoms with Crippen LogP contribution in [0.1, 0.15) is 19.3 Å². The molecule has 0 aliphatic carbocycles. The Morgan fingerprint density at radius 2 is 2.20 bits per heavy atom. The van der Waals surface area contributed by atoms with Crippen LogP contribution in [0.2, 0.25) is 0 Å². The Balaban J connectivity index is 2.12. The third-order valence-corrected chi connectivity index (χ3v) is 2.38. The molecule has 1 heterocycles. The molecule has 0 aromatic rings. The Hall–Kier alpha value is -0.810. The van der Waals surface area contributed by atoms with Crippen molar-refractivity contribution in [2.45, 2.75) is 25.4 Å². The van der Waals surface area contributed by atoms with Crippen molar-refractivity contribution in [2.24, 2.45) is 0 Å². The molecule has 0 aromatic carbocycles. The average molecular weight is 235 g/mol. The first kappa shape index (κ1) is 12.3. The standard InChI is InChI=1S/C9H15ClN2O3/c10-5-8(13)12-9(14)11-6-7-3-1-2-4-15-7/h7H,1-6H2,(H2,11,12,13,14). The normalized spacial score (nSPS) is 20.7. The molecule has 15 heavy (non-hydrogen) atoms. The van der Waals surface area contributed by atoms with Gasteiger partial charge in [-0.15, -0.1) is 11.6 Å². The highest BCUT2D eigenvalue weighted by Gasteiger charge is 2.15. The maximum atomic E-state index is 11.1. The molecule has 6 heteroatoms. The van der Waals surface area contributed by atoms with E-state index in [9.17, 15) is 9.59 Å². The van der Waals surface area contributed by atoms with Gasteiger partial charge in [0.25, 0.3) is 0 Å². The minimum atomic E-state index is -0.519. The van der Waals surface area contributed by atoms with E-state index in [0.717, 1.165) is 25.9 Å². The molecule has 0 aromatic heterocycles. The van der Waals surface area contributed by atoms with E-state index in [1.165, 1.54) is 0 Å². The van der Waals surface area contributed by atoms with E-state index in [4.69, 9.17) is 16.3 Å². The fourth-order valence-electron chi connectivity index (χ4n) is 1.38. The van der Waals surface area contributed by atoms with E-state index < -0.39 is 11.9 Å². The molecule has 0 bridgehead atoms. The van der Waals surface area contributed by atoms with Crippen LogP contribution in [0.3, 0.4) is 0 Å². The quantitative estimate of drug-likeness (QED) is 0.704. The molecule has 0 spiro atoms. The zero-order chi connectivity index (χ0) is 11.1. The Labute approximate surface area is 93.5 Å². The fourth-order valence-corrected chi connectivity index (χ4v) is 1.45. The van der Waals surface area contributed by atoms with Gasteiger partial charge in [0.15, 0.2) is 0 Å². The maximum Gasteiger partial charge on any atom is 0.321 e. The monoisotopic (exact) mass is 234 g/mol. The molecule has 0 saturated carbocycles. The number of hydrogen-bond donors (Lipinski definition) is 2. The molecule has 1 aliphatic rings. The molecule has 1 saturated heterocycles. The number of hydrogen-bond acceptors (Lipinski definition) is 3. The lowest BCUT2D eigenvalue weighted by Gasteiger charge is -2.22. The first-order valence-electron chi connectivity index (χ1n) is 4.97. The molecular formula is C9H15ClN2O3. The van der Waals surface area contributed by atoms with Crippen LogP contribution in [0.5, 0.6) is 0 Å². The molecule has 2 N–H and O–H groups in total. The van der Waals surface area contributed by atoms with Crippen LogP contribution in [0.15, 0.2) is 0 Å². The topological polar surface area (TPSA) is 67.4 Å². The summed E-state index contributed by atoms with van der Waals surface area (Å²) in [5, 5.41) is 4.66. The molecule has 5 nitrogen and oxygen atoms in total. The summed E-state index contributed by atoms with van der Waals surface area (Å²) in [6.45, 7) is 1.18. The Bertz CT molecular complexity index is 229. The number of halogens is 1. The number of alkyl halides is 1. The van der Waals surface area contributed by atoms with Gasteiger partial charge in [0.1, 0.15) is 5.88 Å². The summed E-state index contributed by atoms with van der Waals surface area (Å²) in [5.74, 6) is -0.716. The van der Waals surface area contributed by atoms with E-state index in [1.807, 2.05) is 0 Å². The molecule has 1 fully saturated rings. The zero-order valence-corrected chi connectivity index (χ0v) is 9.18. The minimum Gasteiger partial charge on any atom is -0.376 e. The molecule has 1 unspecified atom stereocenters. The summed E-state index contributed by atoms with van der Waals surface area (Å²) in [5.41, 5.74) is 0. The Morgan fingerprint density at radius 1 is 1.40 bits per heavy atom. The largest absolute Gasteiger partial charge is 0.376 e. The van der Waals surface area contributed by atoms with Crippen LogP contribution in [0.25, 0.3) is 0 Å². The van der Waals surface area contributed by atoms with Gasteiger partial charge in [-0.1, -0.05) is 0 Å².